The molecule has 1 aromatic carbocycles. The quantitative estimate of drug-likeness (QED) is 0.669. The molecule has 0 radical (unpaired) electrons. The molecule has 0 aliphatic heterocycles. The van der Waals surface area contributed by atoms with Crippen molar-refractivity contribution in [2.24, 2.45) is 0 Å². The summed E-state index contributed by atoms with van der Waals surface area (Å²) in [4.78, 5) is 11.4. The van der Waals surface area contributed by atoms with Crippen molar-refractivity contribution in [3.63, 3.8) is 0 Å². The fourth-order valence-electron chi connectivity index (χ4n) is 1.41. The maximum absolute atomic E-state index is 11.4. The van der Waals surface area contributed by atoms with Crippen LogP contribution in [0, 0.1) is 0 Å². The minimum absolute atomic E-state index is 0.120. The number of aromatic hydroxyl groups is 1. The van der Waals surface area contributed by atoms with Crippen molar-refractivity contribution < 1.29 is 19.1 Å². The molecule has 7 heteroatoms. The predicted molar refractivity (Wildman–Crippen MR) is 73.4 cm³/mol. The van der Waals surface area contributed by atoms with Crippen molar-refractivity contribution in [3.05, 3.63) is 24.3 Å². The van der Waals surface area contributed by atoms with Crippen LogP contribution in [0.2, 0.25) is 0 Å². The maximum atomic E-state index is 11.4. The molecule has 1 heterocycles. The monoisotopic (exact) mass is 294 g/mol. The summed E-state index contributed by atoms with van der Waals surface area (Å²) >= 11 is 1.12. The summed E-state index contributed by atoms with van der Waals surface area (Å²) < 4.78 is 10.4. The van der Waals surface area contributed by atoms with Crippen molar-refractivity contribution in [3.8, 4) is 17.2 Å². The fourth-order valence-corrected chi connectivity index (χ4v) is 1.95. The zero-order chi connectivity index (χ0) is 14.5. The average molecular weight is 294 g/mol. The molecule has 0 aliphatic rings. The number of hydrogen-bond acceptors (Lipinski definition) is 7. The van der Waals surface area contributed by atoms with Gasteiger partial charge in [0, 0.05) is 5.56 Å². The Balaban J connectivity index is 1.95. The highest BCUT2D eigenvalue weighted by Crippen LogP contribution is 2.24. The van der Waals surface area contributed by atoms with Crippen LogP contribution in [0.1, 0.15) is 13.8 Å². The van der Waals surface area contributed by atoms with Crippen LogP contribution < -0.4 is 0 Å². The Hall–Kier alpha value is -2.02. The molecule has 20 heavy (non-hydrogen) atoms. The molecular weight excluding hydrogens is 280 g/mol. The van der Waals surface area contributed by atoms with E-state index in [2.05, 4.69) is 10.2 Å². The van der Waals surface area contributed by atoms with Gasteiger partial charge < -0.3 is 14.3 Å². The van der Waals surface area contributed by atoms with Crippen LogP contribution >= 0.6 is 11.8 Å². The van der Waals surface area contributed by atoms with Gasteiger partial charge in [-0.1, -0.05) is 11.8 Å². The second kappa shape index (κ2) is 6.42. The van der Waals surface area contributed by atoms with Gasteiger partial charge in [0.2, 0.25) is 5.89 Å². The van der Waals surface area contributed by atoms with Gasteiger partial charge in [0.15, 0.2) is 0 Å². The molecule has 0 amide bonds. The molecule has 0 unspecified atom stereocenters. The number of aromatic nitrogens is 2. The molecule has 1 N–H and O–H groups in total. The summed E-state index contributed by atoms with van der Waals surface area (Å²) in [6.07, 6.45) is -0.140. The highest BCUT2D eigenvalue weighted by Gasteiger charge is 2.12. The Morgan fingerprint density at radius 2 is 2.05 bits per heavy atom. The Morgan fingerprint density at radius 3 is 2.70 bits per heavy atom. The van der Waals surface area contributed by atoms with Crippen molar-refractivity contribution >= 4 is 17.7 Å². The minimum Gasteiger partial charge on any atom is -0.508 e. The van der Waals surface area contributed by atoms with E-state index in [1.165, 1.54) is 12.1 Å². The Labute approximate surface area is 120 Å². The van der Waals surface area contributed by atoms with E-state index in [9.17, 15) is 9.90 Å². The lowest BCUT2D eigenvalue weighted by Crippen LogP contribution is -2.13. The van der Waals surface area contributed by atoms with Crippen LogP contribution in [0.5, 0.6) is 5.75 Å². The molecule has 2 rings (SSSR count). The SMILES string of the molecule is CC(C)OC(=O)CSc1nnc(-c2ccc(O)cc2)o1. The molecule has 0 aliphatic carbocycles. The van der Waals surface area contributed by atoms with Gasteiger partial charge >= 0.3 is 5.97 Å². The number of thioether (sulfide) groups is 1. The van der Waals surface area contributed by atoms with Crippen LogP contribution in [-0.2, 0) is 9.53 Å². The van der Waals surface area contributed by atoms with Crippen molar-refractivity contribution in [2.75, 3.05) is 5.75 Å². The summed E-state index contributed by atoms with van der Waals surface area (Å²) in [6, 6.07) is 6.41. The van der Waals surface area contributed by atoms with Gasteiger partial charge in [0.05, 0.1) is 6.10 Å². The highest BCUT2D eigenvalue weighted by atomic mass is 32.2. The van der Waals surface area contributed by atoms with Gasteiger partial charge in [0.1, 0.15) is 11.5 Å². The van der Waals surface area contributed by atoms with Crippen LogP contribution in [-0.4, -0.2) is 33.1 Å². The number of phenols is 1. The zero-order valence-electron chi connectivity index (χ0n) is 11.1. The van der Waals surface area contributed by atoms with Crippen LogP contribution in [0.3, 0.4) is 0 Å². The maximum Gasteiger partial charge on any atom is 0.316 e. The van der Waals surface area contributed by atoms with E-state index < -0.39 is 0 Å². The smallest absolute Gasteiger partial charge is 0.316 e. The number of rotatable bonds is 5. The second-order valence-electron chi connectivity index (χ2n) is 4.25. The third kappa shape index (κ3) is 3.99. The third-order valence-electron chi connectivity index (χ3n) is 2.20. The molecule has 6 nitrogen and oxygen atoms in total. The molecular formula is C13H14N2O4S. The van der Waals surface area contributed by atoms with Gasteiger partial charge in [-0.3, -0.25) is 4.79 Å². The molecule has 0 saturated heterocycles. The lowest BCUT2D eigenvalue weighted by molar-refractivity contribution is -0.144. The van der Waals surface area contributed by atoms with Gasteiger partial charge in [0.25, 0.3) is 5.22 Å². The third-order valence-corrected chi connectivity index (χ3v) is 2.99. The first kappa shape index (κ1) is 14.4. The van der Waals surface area contributed by atoms with Crippen LogP contribution in [0.4, 0.5) is 0 Å². The Kier molecular flexibility index (Phi) is 4.62. The van der Waals surface area contributed by atoms with E-state index in [-0.39, 0.29) is 23.6 Å². The van der Waals surface area contributed by atoms with E-state index in [1.54, 1.807) is 26.0 Å². The van der Waals surface area contributed by atoms with Gasteiger partial charge in [-0.05, 0) is 38.1 Å². The van der Waals surface area contributed by atoms with E-state index in [0.29, 0.717) is 16.7 Å². The summed E-state index contributed by atoms with van der Waals surface area (Å²) in [6.45, 7) is 3.58. The van der Waals surface area contributed by atoms with E-state index in [0.717, 1.165) is 11.8 Å². The number of carbonyl (C=O) groups excluding carboxylic acids is 1. The number of phenolic OH excluding ortho intramolecular Hbond substituents is 1. The van der Waals surface area contributed by atoms with E-state index in [1.807, 2.05) is 0 Å². The Morgan fingerprint density at radius 1 is 1.35 bits per heavy atom. The standard InChI is InChI=1S/C13H14N2O4S/c1-8(2)18-11(17)7-20-13-15-14-12(19-13)9-3-5-10(16)6-4-9/h3-6,8,16H,7H2,1-2H3. The number of carbonyl (C=O) groups is 1. The first-order chi connectivity index (χ1) is 9.54. The topological polar surface area (TPSA) is 85.5 Å². The lowest BCUT2D eigenvalue weighted by atomic mass is 10.2. The van der Waals surface area contributed by atoms with Crippen molar-refractivity contribution in [1.82, 2.24) is 10.2 Å². The molecule has 0 atom stereocenters. The fraction of sp³-hybridized carbons (Fsp3) is 0.308. The number of nitrogens with zero attached hydrogens (tertiary/aromatic N) is 2. The number of benzene rings is 1. The van der Waals surface area contributed by atoms with Crippen molar-refractivity contribution in [1.29, 1.82) is 0 Å². The van der Waals surface area contributed by atoms with Gasteiger partial charge in [-0.2, -0.15) is 0 Å². The molecule has 106 valence electrons. The largest absolute Gasteiger partial charge is 0.508 e. The molecule has 0 saturated carbocycles. The summed E-state index contributed by atoms with van der Waals surface area (Å²) in [5, 5.41) is 17.2. The molecule has 1 aromatic heterocycles. The molecule has 2 aromatic rings. The van der Waals surface area contributed by atoms with E-state index in [4.69, 9.17) is 9.15 Å². The van der Waals surface area contributed by atoms with E-state index >= 15 is 0 Å². The lowest BCUT2D eigenvalue weighted by Gasteiger charge is -2.05. The molecule has 0 spiro atoms. The second-order valence-corrected chi connectivity index (χ2v) is 5.17. The summed E-state index contributed by atoms with van der Waals surface area (Å²) in [7, 11) is 0. The zero-order valence-corrected chi connectivity index (χ0v) is 11.9. The number of esters is 1. The first-order valence-corrected chi connectivity index (χ1v) is 6.98. The van der Waals surface area contributed by atoms with Gasteiger partial charge in [-0.15, -0.1) is 10.2 Å². The molecule has 0 fully saturated rings. The van der Waals surface area contributed by atoms with Crippen molar-refractivity contribution in [2.45, 2.75) is 25.2 Å². The number of hydrogen-bond donors (Lipinski definition) is 1. The van der Waals surface area contributed by atoms with Crippen LogP contribution in [0.15, 0.2) is 33.9 Å². The minimum atomic E-state index is -0.325. The van der Waals surface area contributed by atoms with Gasteiger partial charge in [-0.25, -0.2) is 0 Å². The number of ether oxygens (including phenoxy) is 1. The average Bonchev–Trinajstić information content (AvgIpc) is 2.85. The normalized spacial score (nSPS) is 10.8. The molecule has 0 bridgehead atoms. The summed E-state index contributed by atoms with van der Waals surface area (Å²) in [5.41, 5.74) is 0.701. The van der Waals surface area contributed by atoms with Crippen LogP contribution in [0.25, 0.3) is 11.5 Å². The summed E-state index contributed by atoms with van der Waals surface area (Å²) in [5.74, 6) is 0.300. The highest BCUT2D eigenvalue weighted by molar-refractivity contribution is 7.99. The Bertz CT molecular complexity index is 580. The predicted octanol–water partition coefficient (Wildman–Crippen LogP) is 2.49. The first-order valence-electron chi connectivity index (χ1n) is 6.00.